The van der Waals surface area contributed by atoms with E-state index in [1.54, 1.807) is 4.90 Å². The molecule has 0 saturated carbocycles. The first kappa shape index (κ1) is 23.6. The maximum atomic E-state index is 13.1. The fraction of sp³-hybridized carbons (Fsp3) is 0.737. The van der Waals surface area contributed by atoms with Crippen LogP contribution in [-0.4, -0.2) is 90.4 Å². The molecule has 0 aliphatic carbocycles. The van der Waals surface area contributed by atoms with Gasteiger partial charge in [-0.15, -0.1) is 0 Å². The van der Waals surface area contributed by atoms with Crippen LogP contribution in [0, 0.1) is 11.8 Å². The number of carbonyl (C=O) groups is 5. The van der Waals surface area contributed by atoms with E-state index in [9.17, 15) is 24.0 Å². The van der Waals surface area contributed by atoms with Gasteiger partial charge in [0.2, 0.25) is 24.1 Å². The first-order valence-corrected chi connectivity index (χ1v) is 9.60. The molecule has 0 radical (unpaired) electrons. The molecule has 0 bridgehead atoms. The second kappa shape index (κ2) is 10.8. The SMILES string of the molecule is CC(C)CC1C(=O)N(C(C(=O)N(C)CC(=O)NCC=O)C(C)C)CCN1C=O. The number of carbonyl (C=O) groups excluding carboxylic acids is 5. The summed E-state index contributed by atoms with van der Waals surface area (Å²) in [5.41, 5.74) is 0. The lowest BCUT2D eigenvalue weighted by Crippen LogP contribution is -2.63. The van der Waals surface area contributed by atoms with Crippen LogP contribution in [0.1, 0.15) is 34.1 Å². The summed E-state index contributed by atoms with van der Waals surface area (Å²) < 4.78 is 0. The van der Waals surface area contributed by atoms with Crippen molar-refractivity contribution in [2.45, 2.75) is 46.2 Å². The van der Waals surface area contributed by atoms with E-state index in [1.165, 1.54) is 16.8 Å². The van der Waals surface area contributed by atoms with Crippen LogP contribution in [0.2, 0.25) is 0 Å². The van der Waals surface area contributed by atoms with Gasteiger partial charge in [-0.05, 0) is 18.3 Å². The minimum absolute atomic E-state index is 0.114. The fourth-order valence-electron chi connectivity index (χ4n) is 3.42. The molecule has 2 unspecified atom stereocenters. The van der Waals surface area contributed by atoms with E-state index >= 15 is 0 Å². The van der Waals surface area contributed by atoms with Gasteiger partial charge in [-0.1, -0.05) is 27.7 Å². The van der Waals surface area contributed by atoms with Crippen LogP contribution in [0.15, 0.2) is 0 Å². The fourth-order valence-corrected chi connectivity index (χ4v) is 3.42. The van der Waals surface area contributed by atoms with Gasteiger partial charge in [-0.3, -0.25) is 19.2 Å². The summed E-state index contributed by atoms with van der Waals surface area (Å²) in [6.45, 7) is 7.97. The number of piperazine rings is 1. The lowest BCUT2D eigenvalue weighted by Gasteiger charge is -2.44. The third-order valence-corrected chi connectivity index (χ3v) is 4.76. The van der Waals surface area contributed by atoms with Gasteiger partial charge in [-0.2, -0.15) is 0 Å². The highest BCUT2D eigenvalue weighted by molar-refractivity contribution is 5.93. The third kappa shape index (κ3) is 6.03. The maximum Gasteiger partial charge on any atom is 0.246 e. The van der Waals surface area contributed by atoms with E-state index in [0.717, 1.165) is 0 Å². The number of rotatable bonds is 10. The molecule has 9 nitrogen and oxygen atoms in total. The molecule has 0 aromatic carbocycles. The molecule has 1 aliphatic heterocycles. The molecule has 2 atom stereocenters. The number of likely N-dealkylation sites (N-methyl/N-ethyl adjacent to an activating group) is 1. The van der Waals surface area contributed by atoms with Crippen molar-refractivity contribution in [1.82, 2.24) is 20.0 Å². The van der Waals surface area contributed by atoms with Gasteiger partial charge in [0.25, 0.3) is 0 Å². The Morgan fingerprint density at radius 1 is 1.21 bits per heavy atom. The molecule has 158 valence electrons. The lowest BCUT2D eigenvalue weighted by molar-refractivity contribution is -0.157. The Kier molecular flexibility index (Phi) is 9.08. The molecule has 1 fully saturated rings. The zero-order valence-corrected chi connectivity index (χ0v) is 17.4. The lowest BCUT2D eigenvalue weighted by atomic mass is 9.95. The van der Waals surface area contributed by atoms with Crippen LogP contribution < -0.4 is 5.32 Å². The van der Waals surface area contributed by atoms with Crippen LogP contribution in [0.3, 0.4) is 0 Å². The zero-order valence-electron chi connectivity index (χ0n) is 17.4. The monoisotopic (exact) mass is 396 g/mol. The Morgan fingerprint density at radius 3 is 2.36 bits per heavy atom. The van der Waals surface area contributed by atoms with Gasteiger partial charge in [-0.25, -0.2) is 0 Å². The molecule has 1 heterocycles. The molecule has 0 aromatic heterocycles. The third-order valence-electron chi connectivity index (χ3n) is 4.76. The van der Waals surface area contributed by atoms with Gasteiger partial charge in [0.15, 0.2) is 0 Å². The predicted octanol–water partition coefficient (Wildman–Crippen LogP) is -0.500. The average Bonchev–Trinajstić information content (AvgIpc) is 2.62. The predicted molar refractivity (Wildman–Crippen MR) is 103 cm³/mol. The Labute approximate surface area is 166 Å². The molecule has 9 heteroatoms. The van der Waals surface area contributed by atoms with E-state index < -0.39 is 18.0 Å². The normalized spacial score (nSPS) is 18.2. The Morgan fingerprint density at radius 2 is 1.86 bits per heavy atom. The van der Waals surface area contributed by atoms with Crippen molar-refractivity contribution in [3.63, 3.8) is 0 Å². The zero-order chi connectivity index (χ0) is 21.4. The first-order valence-electron chi connectivity index (χ1n) is 9.60. The standard InChI is InChI=1S/C19H32N4O5/c1-13(2)10-15-18(27)23(8-7-22(15)12-25)17(14(3)4)19(28)21(5)11-16(26)20-6-9-24/h9,12-15,17H,6-8,10-11H2,1-5H3,(H,20,26). The summed E-state index contributed by atoms with van der Waals surface area (Å²) >= 11 is 0. The van der Waals surface area contributed by atoms with Crippen molar-refractivity contribution in [3.05, 3.63) is 0 Å². The molecule has 1 rings (SSSR count). The molecule has 0 aromatic rings. The molecule has 1 aliphatic rings. The summed E-state index contributed by atoms with van der Waals surface area (Å²) in [5.74, 6) is -0.973. The topological polar surface area (TPSA) is 107 Å². The molecule has 4 amide bonds. The summed E-state index contributed by atoms with van der Waals surface area (Å²) in [4.78, 5) is 64.0. The van der Waals surface area contributed by atoms with Gasteiger partial charge in [0.1, 0.15) is 18.4 Å². The summed E-state index contributed by atoms with van der Waals surface area (Å²) in [6, 6.07) is -1.30. The molecular formula is C19H32N4O5. The minimum atomic E-state index is -0.722. The Hall–Kier alpha value is -2.45. The van der Waals surface area contributed by atoms with Crippen LogP contribution in [0.25, 0.3) is 0 Å². The van der Waals surface area contributed by atoms with Crippen molar-refractivity contribution in [3.8, 4) is 0 Å². The smallest absolute Gasteiger partial charge is 0.246 e. The summed E-state index contributed by atoms with van der Waals surface area (Å²) in [6.07, 6.45) is 1.78. The van der Waals surface area contributed by atoms with Crippen LogP contribution in [0.5, 0.6) is 0 Å². The summed E-state index contributed by atoms with van der Waals surface area (Å²) in [7, 11) is 1.50. The van der Waals surface area contributed by atoms with E-state index in [1.807, 2.05) is 27.7 Å². The van der Waals surface area contributed by atoms with Gasteiger partial charge in [0, 0.05) is 20.1 Å². The number of nitrogens with zero attached hydrogens (tertiary/aromatic N) is 3. The van der Waals surface area contributed by atoms with Crippen LogP contribution in [-0.2, 0) is 24.0 Å². The number of hydrogen-bond donors (Lipinski definition) is 1. The molecule has 1 saturated heterocycles. The summed E-state index contributed by atoms with van der Waals surface area (Å²) in [5, 5.41) is 2.39. The van der Waals surface area contributed by atoms with Gasteiger partial charge < -0.3 is 24.8 Å². The average molecular weight is 396 g/mol. The van der Waals surface area contributed by atoms with Crippen molar-refractivity contribution in [1.29, 1.82) is 0 Å². The highest BCUT2D eigenvalue weighted by Gasteiger charge is 2.42. The quantitative estimate of drug-likeness (QED) is 0.501. The maximum absolute atomic E-state index is 13.1. The molecule has 1 N–H and O–H groups in total. The number of amides is 4. The molecule has 28 heavy (non-hydrogen) atoms. The number of aldehydes is 1. The van der Waals surface area contributed by atoms with E-state index in [4.69, 9.17) is 0 Å². The van der Waals surface area contributed by atoms with E-state index in [2.05, 4.69) is 5.32 Å². The second-order valence-corrected chi connectivity index (χ2v) is 7.87. The van der Waals surface area contributed by atoms with Crippen LogP contribution >= 0.6 is 0 Å². The molecular weight excluding hydrogens is 364 g/mol. The Balaban J connectivity index is 2.98. The van der Waals surface area contributed by atoms with Crippen LogP contribution in [0.4, 0.5) is 0 Å². The molecule has 0 spiro atoms. The highest BCUT2D eigenvalue weighted by Crippen LogP contribution is 2.23. The number of hydrogen-bond acceptors (Lipinski definition) is 5. The van der Waals surface area contributed by atoms with Crippen molar-refractivity contribution < 1.29 is 24.0 Å². The largest absolute Gasteiger partial charge is 0.348 e. The van der Waals surface area contributed by atoms with Crippen molar-refractivity contribution >= 4 is 30.4 Å². The highest BCUT2D eigenvalue weighted by atomic mass is 16.2. The first-order chi connectivity index (χ1) is 13.1. The Bertz CT molecular complexity index is 593. The van der Waals surface area contributed by atoms with Gasteiger partial charge in [0.05, 0.1) is 13.1 Å². The minimum Gasteiger partial charge on any atom is -0.348 e. The van der Waals surface area contributed by atoms with Crippen molar-refractivity contribution in [2.75, 3.05) is 33.2 Å². The second-order valence-electron chi connectivity index (χ2n) is 7.87. The van der Waals surface area contributed by atoms with Gasteiger partial charge >= 0.3 is 0 Å². The number of nitrogens with one attached hydrogen (secondary N) is 1. The van der Waals surface area contributed by atoms with E-state index in [-0.39, 0.29) is 43.3 Å². The van der Waals surface area contributed by atoms with Crippen molar-refractivity contribution in [2.24, 2.45) is 11.8 Å². The van der Waals surface area contributed by atoms with E-state index in [0.29, 0.717) is 25.7 Å².